The minimum atomic E-state index is 0.753. The molecule has 1 atom stereocenters. The first kappa shape index (κ1) is 15.9. The Morgan fingerprint density at radius 3 is 2.89 bits per heavy atom. The molecule has 1 aliphatic rings. The zero-order valence-corrected chi connectivity index (χ0v) is 12.6. The quantitative estimate of drug-likeness (QED) is 0.642. The summed E-state index contributed by atoms with van der Waals surface area (Å²) in [5, 5.41) is 3.52. The van der Waals surface area contributed by atoms with E-state index in [1.54, 1.807) is 7.11 Å². The first-order valence-electron chi connectivity index (χ1n) is 7.67. The number of hydrogen-bond acceptors (Lipinski definition) is 3. The molecule has 0 aliphatic carbocycles. The minimum Gasteiger partial charge on any atom is -0.383 e. The molecule has 0 aromatic rings. The van der Waals surface area contributed by atoms with Gasteiger partial charge in [-0.25, -0.2) is 0 Å². The van der Waals surface area contributed by atoms with E-state index < -0.39 is 0 Å². The van der Waals surface area contributed by atoms with Crippen molar-refractivity contribution in [3.63, 3.8) is 0 Å². The molecular formula is C15H32N2O. The van der Waals surface area contributed by atoms with E-state index in [4.69, 9.17) is 4.74 Å². The predicted molar refractivity (Wildman–Crippen MR) is 78.0 cm³/mol. The molecule has 0 aromatic heterocycles. The van der Waals surface area contributed by atoms with Crippen molar-refractivity contribution in [2.24, 2.45) is 5.92 Å². The molecule has 1 heterocycles. The summed E-state index contributed by atoms with van der Waals surface area (Å²) >= 11 is 0. The van der Waals surface area contributed by atoms with Crippen LogP contribution >= 0.6 is 0 Å². The maximum atomic E-state index is 5.07. The Bertz CT molecular complexity index is 197. The van der Waals surface area contributed by atoms with Gasteiger partial charge in [0.1, 0.15) is 0 Å². The summed E-state index contributed by atoms with van der Waals surface area (Å²) in [5.41, 5.74) is 0. The van der Waals surface area contributed by atoms with Gasteiger partial charge in [0.25, 0.3) is 0 Å². The molecule has 1 N–H and O–H groups in total. The highest BCUT2D eigenvalue weighted by atomic mass is 16.5. The smallest absolute Gasteiger partial charge is 0.0587 e. The lowest BCUT2D eigenvalue weighted by Gasteiger charge is -2.36. The van der Waals surface area contributed by atoms with Crippen LogP contribution in [0, 0.1) is 5.92 Å². The van der Waals surface area contributed by atoms with Crippen LogP contribution in [0.25, 0.3) is 0 Å². The Kier molecular flexibility index (Phi) is 8.64. The largest absolute Gasteiger partial charge is 0.383 e. The first-order chi connectivity index (χ1) is 8.74. The van der Waals surface area contributed by atoms with Crippen LogP contribution in [0.5, 0.6) is 0 Å². The number of piperidine rings is 1. The second-order valence-corrected chi connectivity index (χ2v) is 5.92. The molecule has 1 unspecified atom stereocenters. The Morgan fingerprint density at radius 2 is 2.17 bits per heavy atom. The number of likely N-dealkylation sites (tertiary alicyclic amines) is 1. The van der Waals surface area contributed by atoms with Gasteiger partial charge >= 0.3 is 0 Å². The van der Waals surface area contributed by atoms with Gasteiger partial charge in [0.15, 0.2) is 0 Å². The molecule has 0 saturated carbocycles. The topological polar surface area (TPSA) is 24.5 Å². The van der Waals surface area contributed by atoms with Crippen molar-refractivity contribution in [2.75, 3.05) is 39.9 Å². The van der Waals surface area contributed by atoms with Crippen molar-refractivity contribution in [1.82, 2.24) is 10.2 Å². The monoisotopic (exact) mass is 256 g/mol. The standard InChI is InChI=1S/C15H32N2O/c1-14(2)7-6-11-17-10-5-4-8-15(17)13-16-9-12-18-3/h14-16H,4-13H2,1-3H3. The van der Waals surface area contributed by atoms with Gasteiger partial charge in [0, 0.05) is 26.2 Å². The molecule has 1 saturated heterocycles. The van der Waals surface area contributed by atoms with Crippen molar-refractivity contribution in [3.8, 4) is 0 Å². The van der Waals surface area contributed by atoms with Crippen LogP contribution in [0.15, 0.2) is 0 Å². The van der Waals surface area contributed by atoms with Gasteiger partial charge in [-0.15, -0.1) is 0 Å². The van der Waals surface area contributed by atoms with Crippen LogP contribution in [0.1, 0.15) is 46.0 Å². The second-order valence-electron chi connectivity index (χ2n) is 5.92. The molecule has 18 heavy (non-hydrogen) atoms. The predicted octanol–water partition coefficient (Wildman–Crippen LogP) is 2.51. The summed E-state index contributed by atoms with van der Waals surface area (Å²) in [4.78, 5) is 2.70. The summed E-state index contributed by atoms with van der Waals surface area (Å²) < 4.78 is 5.07. The molecule has 1 rings (SSSR count). The fraction of sp³-hybridized carbons (Fsp3) is 1.00. The Morgan fingerprint density at radius 1 is 1.33 bits per heavy atom. The second kappa shape index (κ2) is 9.76. The summed E-state index contributed by atoms with van der Waals surface area (Å²) in [6.07, 6.45) is 6.86. The molecule has 3 nitrogen and oxygen atoms in total. The van der Waals surface area contributed by atoms with Gasteiger partial charge in [0.2, 0.25) is 0 Å². The van der Waals surface area contributed by atoms with E-state index in [1.807, 2.05) is 0 Å². The Hall–Kier alpha value is -0.120. The van der Waals surface area contributed by atoms with E-state index in [9.17, 15) is 0 Å². The summed E-state index contributed by atoms with van der Waals surface area (Å²) in [6.45, 7) is 10.2. The highest BCUT2D eigenvalue weighted by Crippen LogP contribution is 2.17. The third-order valence-electron chi connectivity index (χ3n) is 3.84. The van der Waals surface area contributed by atoms with Crippen molar-refractivity contribution in [3.05, 3.63) is 0 Å². The minimum absolute atomic E-state index is 0.753. The highest BCUT2D eigenvalue weighted by molar-refractivity contribution is 4.78. The lowest BCUT2D eigenvalue weighted by atomic mass is 10.0. The molecule has 0 bridgehead atoms. The van der Waals surface area contributed by atoms with E-state index >= 15 is 0 Å². The zero-order valence-electron chi connectivity index (χ0n) is 12.6. The van der Waals surface area contributed by atoms with E-state index in [2.05, 4.69) is 24.1 Å². The highest BCUT2D eigenvalue weighted by Gasteiger charge is 2.21. The molecule has 0 aromatic carbocycles. The third-order valence-corrected chi connectivity index (χ3v) is 3.84. The van der Waals surface area contributed by atoms with Crippen molar-refractivity contribution in [2.45, 2.75) is 52.0 Å². The van der Waals surface area contributed by atoms with Gasteiger partial charge in [-0.1, -0.05) is 20.3 Å². The molecule has 0 radical (unpaired) electrons. The first-order valence-corrected chi connectivity index (χ1v) is 7.67. The Labute approximate surface area is 113 Å². The normalized spacial score (nSPS) is 21.7. The molecule has 1 aliphatic heterocycles. The van der Waals surface area contributed by atoms with Gasteiger partial charge in [-0.3, -0.25) is 4.90 Å². The summed E-state index contributed by atoms with van der Waals surface area (Å²) in [5.74, 6) is 0.841. The SMILES string of the molecule is COCCNCC1CCCCN1CCCC(C)C. The van der Waals surface area contributed by atoms with Gasteiger partial charge in [0.05, 0.1) is 6.61 Å². The van der Waals surface area contributed by atoms with E-state index in [0.29, 0.717) is 0 Å². The maximum absolute atomic E-state index is 5.07. The van der Waals surface area contributed by atoms with Crippen molar-refractivity contribution in [1.29, 1.82) is 0 Å². The third kappa shape index (κ3) is 6.72. The van der Waals surface area contributed by atoms with E-state index in [0.717, 1.165) is 31.7 Å². The number of nitrogens with zero attached hydrogens (tertiary/aromatic N) is 1. The van der Waals surface area contributed by atoms with Crippen LogP contribution in [0.3, 0.4) is 0 Å². The van der Waals surface area contributed by atoms with Crippen LogP contribution in [0.4, 0.5) is 0 Å². The molecular weight excluding hydrogens is 224 g/mol. The molecule has 108 valence electrons. The van der Waals surface area contributed by atoms with Gasteiger partial charge in [-0.2, -0.15) is 0 Å². The number of ether oxygens (including phenoxy) is 1. The summed E-state index contributed by atoms with van der Waals surface area (Å²) in [7, 11) is 1.76. The number of hydrogen-bond donors (Lipinski definition) is 1. The summed E-state index contributed by atoms with van der Waals surface area (Å²) in [6, 6.07) is 0.753. The van der Waals surface area contributed by atoms with Crippen LogP contribution in [-0.2, 0) is 4.74 Å². The van der Waals surface area contributed by atoms with E-state index in [-0.39, 0.29) is 0 Å². The maximum Gasteiger partial charge on any atom is 0.0587 e. The average Bonchev–Trinajstić information content (AvgIpc) is 2.36. The lowest BCUT2D eigenvalue weighted by Crippen LogP contribution is -2.46. The molecule has 0 amide bonds. The van der Waals surface area contributed by atoms with Crippen LogP contribution in [0.2, 0.25) is 0 Å². The van der Waals surface area contributed by atoms with Gasteiger partial charge < -0.3 is 10.1 Å². The lowest BCUT2D eigenvalue weighted by molar-refractivity contribution is 0.136. The average molecular weight is 256 g/mol. The van der Waals surface area contributed by atoms with Crippen molar-refractivity contribution >= 4 is 0 Å². The van der Waals surface area contributed by atoms with Crippen molar-refractivity contribution < 1.29 is 4.74 Å². The molecule has 1 fully saturated rings. The fourth-order valence-electron chi connectivity index (χ4n) is 2.73. The number of rotatable bonds is 9. The Balaban J connectivity index is 2.19. The fourth-order valence-corrected chi connectivity index (χ4v) is 2.73. The van der Waals surface area contributed by atoms with Crippen LogP contribution in [-0.4, -0.2) is 50.8 Å². The van der Waals surface area contributed by atoms with Crippen LogP contribution < -0.4 is 5.32 Å². The zero-order chi connectivity index (χ0) is 13.2. The molecule has 3 heteroatoms. The number of nitrogens with one attached hydrogen (secondary N) is 1. The molecule has 0 spiro atoms. The van der Waals surface area contributed by atoms with Gasteiger partial charge in [-0.05, 0) is 44.7 Å². The number of methoxy groups -OCH3 is 1. The van der Waals surface area contributed by atoms with E-state index in [1.165, 1.54) is 45.2 Å².